The van der Waals surface area contributed by atoms with Gasteiger partial charge >= 0.3 is 0 Å². The maximum Gasteiger partial charge on any atom is 0.210 e. The van der Waals surface area contributed by atoms with E-state index in [1.807, 2.05) is 7.05 Å². The molecule has 1 N–H and O–H groups in total. The number of hydrogen-bond acceptors (Lipinski definition) is 2. The van der Waals surface area contributed by atoms with Crippen molar-refractivity contribution >= 4 is 0 Å². The number of aliphatic hydroxyl groups is 1. The molecule has 2 unspecified atom stereocenters. The third-order valence-electron chi connectivity index (χ3n) is 2.45. The maximum atomic E-state index is 6.64. The first kappa shape index (κ1) is 6.23. The molecule has 2 atom stereocenters. The summed E-state index contributed by atoms with van der Waals surface area (Å²) in [6, 6.07) is 0. The molecule has 2 nitrogen and oxygen atoms in total. The monoisotopic (exact) mass is 142 g/mol. The summed E-state index contributed by atoms with van der Waals surface area (Å²) in [5, 5.41) is 4.38. The van der Waals surface area contributed by atoms with Gasteiger partial charge in [0.15, 0.2) is 0 Å². The Hall–Kier alpha value is -0.500. The molecule has 1 rings (SSSR count). The summed E-state index contributed by atoms with van der Waals surface area (Å²) in [6.07, 6.45) is 0. The molecule has 0 radical (unpaired) electrons. The van der Waals surface area contributed by atoms with Gasteiger partial charge in [-0.3, -0.25) is 0 Å². The van der Waals surface area contributed by atoms with Crippen LogP contribution in [-0.2, 0) is 0 Å². The van der Waals surface area contributed by atoms with Crippen molar-refractivity contribution in [3.8, 4) is 0 Å². The Morgan fingerprint density at radius 2 is 2.70 bits per heavy atom. The van der Waals surface area contributed by atoms with Crippen LogP contribution in [0.25, 0.3) is 0 Å². The molecule has 0 aliphatic carbocycles. The lowest BCUT2D eigenvalue weighted by molar-refractivity contribution is 0.208. The van der Waals surface area contributed by atoms with E-state index in [1.165, 1.54) is 0 Å². The number of aliphatic hydroxyl groups excluding tert-OH is 1. The van der Waals surface area contributed by atoms with Crippen LogP contribution in [0.3, 0.4) is 0 Å². The first-order valence-corrected chi connectivity index (χ1v) is 3.65. The number of rotatable bonds is 2. The Kier molecular flexibility index (Phi) is 1.63. The van der Waals surface area contributed by atoms with Crippen molar-refractivity contribution in [1.29, 1.82) is 1.43 Å². The zero-order chi connectivity index (χ0) is 8.43. The predicted molar refractivity (Wildman–Crippen MR) is 41.5 cm³/mol. The molecule has 10 heavy (non-hydrogen) atoms. The van der Waals surface area contributed by atoms with E-state index in [4.69, 9.17) is 1.43 Å². The Balaban J connectivity index is 2.52. The van der Waals surface area contributed by atoms with Crippen LogP contribution in [0.15, 0.2) is 12.3 Å². The summed E-state index contributed by atoms with van der Waals surface area (Å²) in [7, 11) is 2.03. The second-order valence-electron chi connectivity index (χ2n) is 3.09. The van der Waals surface area contributed by atoms with Gasteiger partial charge in [0, 0.05) is 37.7 Å². The second-order valence-corrected chi connectivity index (χ2v) is 3.09. The molecule has 2 heteroatoms. The van der Waals surface area contributed by atoms with E-state index in [-0.39, 0.29) is 0 Å². The molecule has 0 aromatic carbocycles. The van der Waals surface area contributed by atoms with Gasteiger partial charge in [-0.25, -0.2) is 0 Å². The van der Waals surface area contributed by atoms with E-state index < -0.39 is 0 Å². The first-order valence-electron chi connectivity index (χ1n) is 4.05. The van der Waals surface area contributed by atoms with Crippen LogP contribution in [0.2, 0.25) is 0 Å². The molecule has 1 fully saturated rings. The van der Waals surface area contributed by atoms with E-state index in [9.17, 15) is 0 Å². The standard InChI is InChI=1S/C8H15NO/c1-6-7(2)9(3)4-8(6)5-10/h6,8,10H,2,4-5H2,1,3H3/i10D. The molecule has 0 amide bonds. The van der Waals surface area contributed by atoms with Crippen LogP contribution in [0.4, 0.5) is 0 Å². The number of likely N-dealkylation sites (tertiary alicyclic amines) is 1. The first-order chi connectivity index (χ1) is 5.16. The Morgan fingerprint density at radius 1 is 2.00 bits per heavy atom. The van der Waals surface area contributed by atoms with Crippen molar-refractivity contribution in [2.75, 3.05) is 20.2 Å². The fraction of sp³-hybridized carbons (Fsp3) is 0.750. The highest BCUT2D eigenvalue weighted by Gasteiger charge is 2.29. The molecule has 58 valence electrons. The van der Waals surface area contributed by atoms with E-state index >= 15 is 0 Å². The molecule has 1 heterocycles. The van der Waals surface area contributed by atoms with E-state index in [0.717, 1.165) is 12.2 Å². The van der Waals surface area contributed by atoms with Gasteiger partial charge in [-0.2, -0.15) is 0 Å². The topological polar surface area (TPSA) is 23.5 Å². The van der Waals surface area contributed by atoms with Gasteiger partial charge in [0.05, 0.1) is 0 Å². The molecular formula is C8H15NO. The Labute approximate surface area is 63.6 Å². The lowest BCUT2D eigenvalue weighted by atomic mass is 9.97. The predicted octanol–water partition coefficient (Wildman–Crippen LogP) is 0.690. The minimum Gasteiger partial charge on any atom is -0.396 e. The molecule has 0 bridgehead atoms. The SMILES string of the molecule is [2H]OCC1CN(C)C(=C)C1C. The maximum absolute atomic E-state index is 6.64. The number of hydrogen-bond donors (Lipinski definition) is 1. The Bertz CT molecular complexity index is 160. The van der Waals surface area contributed by atoms with Crippen molar-refractivity contribution in [2.45, 2.75) is 6.92 Å². The molecule has 0 saturated carbocycles. The van der Waals surface area contributed by atoms with E-state index in [0.29, 0.717) is 18.4 Å². The smallest absolute Gasteiger partial charge is 0.210 e. The fourth-order valence-corrected chi connectivity index (χ4v) is 1.44. The molecule has 1 saturated heterocycles. The Morgan fingerprint density at radius 3 is 3.10 bits per heavy atom. The number of nitrogens with zero attached hydrogens (tertiary/aromatic N) is 1. The lowest BCUT2D eigenvalue weighted by Gasteiger charge is -2.11. The van der Waals surface area contributed by atoms with Gasteiger partial charge in [0.2, 0.25) is 1.43 Å². The molecule has 1 aliphatic rings. The van der Waals surface area contributed by atoms with E-state index in [1.54, 1.807) is 0 Å². The van der Waals surface area contributed by atoms with Crippen LogP contribution in [0.5, 0.6) is 0 Å². The van der Waals surface area contributed by atoms with Crippen LogP contribution < -0.4 is 0 Å². The summed E-state index contributed by atoms with van der Waals surface area (Å²) in [4.78, 5) is 2.13. The van der Waals surface area contributed by atoms with Crippen LogP contribution >= 0.6 is 0 Å². The quantitative estimate of drug-likeness (QED) is 0.613. The minimum absolute atomic E-state index is 0.449. The summed E-state index contributed by atoms with van der Waals surface area (Å²) in [6.45, 7) is 7.58. The van der Waals surface area contributed by atoms with Gasteiger partial charge in [-0.15, -0.1) is 0 Å². The van der Waals surface area contributed by atoms with Crippen molar-refractivity contribution in [1.82, 2.24) is 4.90 Å². The molecular weight excluding hydrogens is 126 g/mol. The van der Waals surface area contributed by atoms with Crippen molar-refractivity contribution in [3.05, 3.63) is 12.3 Å². The zero-order valence-corrected chi connectivity index (χ0v) is 6.63. The van der Waals surface area contributed by atoms with Gasteiger partial charge in [-0.05, 0) is 0 Å². The minimum atomic E-state index is 0.449. The highest BCUT2D eigenvalue weighted by molar-refractivity contribution is 5.06. The van der Waals surface area contributed by atoms with Crippen LogP contribution in [-0.4, -0.2) is 31.6 Å². The third kappa shape index (κ3) is 1.03. The van der Waals surface area contributed by atoms with Crippen LogP contribution in [0.1, 0.15) is 6.92 Å². The third-order valence-corrected chi connectivity index (χ3v) is 2.45. The zero-order valence-electron chi connectivity index (χ0n) is 7.63. The highest BCUT2D eigenvalue weighted by atomic mass is 16.3. The van der Waals surface area contributed by atoms with Gasteiger partial charge in [0.25, 0.3) is 0 Å². The normalized spacial score (nSPS) is 34.8. The van der Waals surface area contributed by atoms with E-state index in [2.05, 4.69) is 23.5 Å². The average molecular weight is 142 g/mol. The van der Waals surface area contributed by atoms with Crippen molar-refractivity contribution in [3.63, 3.8) is 0 Å². The molecule has 0 spiro atoms. The molecule has 1 aliphatic heterocycles. The summed E-state index contributed by atoms with van der Waals surface area (Å²) in [5.41, 5.74) is 1.16. The fourth-order valence-electron chi connectivity index (χ4n) is 1.44. The molecule has 0 aromatic heterocycles. The van der Waals surface area contributed by atoms with Gasteiger partial charge < -0.3 is 10.0 Å². The molecule has 0 aromatic rings. The summed E-state index contributed by atoms with van der Waals surface area (Å²) < 4.78 is 6.64. The van der Waals surface area contributed by atoms with Crippen molar-refractivity contribution in [2.24, 2.45) is 11.8 Å². The summed E-state index contributed by atoms with van der Waals surface area (Å²) >= 11 is 0. The second kappa shape index (κ2) is 2.62. The largest absolute Gasteiger partial charge is 0.396 e. The summed E-state index contributed by atoms with van der Waals surface area (Å²) in [5.74, 6) is 0.912. The van der Waals surface area contributed by atoms with Crippen LogP contribution in [0, 0.1) is 11.8 Å². The van der Waals surface area contributed by atoms with Gasteiger partial charge in [0.1, 0.15) is 0 Å². The lowest BCUT2D eigenvalue weighted by Crippen LogP contribution is -2.15. The average Bonchev–Trinajstić information content (AvgIpc) is 2.19. The highest BCUT2D eigenvalue weighted by Crippen LogP contribution is 2.29. The van der Waals surface area contributed by atoms with Crippen molar-refractivity contribution < 1.29 is 5.11 Å². The van der Waals surface area contributed by atoms with Gasteiger partial charge in [-0.1, -0.05) is 13.5 Å². The number of allylic oxidation sites excluding steroid dienone is 1.